The van der Waals surface area contributed by atoms with Crippen LogP contribution in [0.3, 0.4) is 0 Å². The van der Waals surface area contributed by atoms with Crippen molar-refractivity contribution in [1.29, 1.82) is 0 Å². The Kier molecular flexibility index (Phi) is 10.5. The number of nitrogens with one attached hydrogen (secondary N) is 2. The molecule has 0 bridgehead atoms. The SMILES string of the molecule is COC(=O)[C@@H](NC(=O)C[C@H](CCCCN=[N+]=[N-])NC(=O)OCC1c2ccccc2-c2ccccc21)C(C)C. The zero-order valence-electron chi connectivity index (χ0n) is 22.1. The fourth-order valence-corrected chi connectivity index (χ4v) is 4.73. The number of unbranched alkanes of at least 4 members (excludes halogenated alkanes) is 1. The molecule has 0 saturated carbocycles. The summed E-state index contributed by atoms with van der Waals surface area (Å²) < 4.78 is 10.4. The second-order valence-electron chi connectivity index (χ2n) is 9.63. The number of ether oxygens (including phenoxy) is 2. The summed E-state index contributed by atoms with van der Waals surface area (Å²) in [6.45, 7) is 4.11. The minimum absolute atomic E-state index is 0.0358. The second kappa shape index (κ2) is 14.0. The zero-order valence-corrected chi connectivity index (χ0v) is 22.1. The van der Waals surface area contributed by atoms with Gasteiger partial charge in [0.2, 0.25) is 5.91 Å². The molecule has 38 heavy (non-hydrogen) atoms. The molecule has 0 unspecified atom stereocenters. The third-order valence-electron chi connectivity index (χ3n) is 6.66. The van der Waals surface area contributed by atoms with E-state index in [1.54, 1.807) is 0 Å². The van der Waals surface area contributed by atoms with Crippen LogP contribution in [0.4, 0.5) is 4.79 Å². The van der Waals surface area contributed by atoms with Crippen molar-refractivity contribution in [2.75, 3.05) is 20.3 Å². The maximum atomic E-state index is 12.8. The molecule has 2 amide bonds. The number of nitrogens with zero attached hydrogens (tertiary/aromatic N) is 3. The Morgan fingerprint density at radius 3 is 2.21 bits per heavy atom. The summed E-state index contributed by atoms with van der Waals surface area (Å²) >= 11 is 0. The van der Waals surface area contributed by atoms with Gasteiger partial charge in [-0.05, 0) is 46.5 Å². The Hall–Kier alpha value is -4.04. The standard InChI is InChI=1S/C28H35N5O5/c1-18(2)26(27(35)37-3)32-25(34)16-19(10-8-9-15-30-33-29)31-28(36)38-17-24-22-13-6-4-11-20(22)21-12-5-7-14-23(21)24/h4-7,11-14,18-19,24,26H,8-10,15-17H2,1-3H3,(H,31,36)(H,32,34)/t19-,26-/m0/s1. The van der Waals surface area contributed by atoms with Crippen LogP contribution in [0.5, 0.6) is 0 Å². The van der Waals surface area contributed by atoms with E-state index in [4.69, 9.17) is 15.0 Å². The van der Waals surface area contributed by atoms with Gasteiger partial charge in [0.15, 0.2) is 0 Å². The summed E-state index contributed by atoms with van der Waals surface area (Å²) in [6, 6.07) is 14.9. The molecular formula is C28H35N5O5. The van der Waals surface area contributed by atoms with Crippen molar-refractivity contribution in [3.8, 4) is 11.1 Å². The number of rotatable bonds is 13. The average Bonchev–Trinajstić information content (AvgIpc) is 3.23. The van der Waals surface area contributed by atoms with Gasteiger partial charge in [-0.1, -0.05) is 73.9 Å². The van der Waals surface area contributed by atoms with E-state index in [2.05, 4.69) is 32.8 Å². The van der Waals surface area contributed by atoms with Crippen molar-refractivity contribution < 1.29 is 23.9 Å². The molecule has 10 heteroatoms. The summed E-state index contributed by atoms with van der Waals surface area (Å²) in [7, 11) is 1.27. The Balaban J connectivity index is 1.63. The average molecular weight is 522 g/mol. The van der Waals surface area contributed by atoms with Gasteiger partial charge >= 0.3 is 12.1 Å². The molecule has 0 saturated heterocycles. The van der Waals surface area contributed by atoms with E-state index in [1.807, 2.05) is 50.2 Å². The lowest BCUT2D eigenvalue weighted by Crippen LogP contribution is -2.47. The van der Waals surface area contributed by atoms with Crippen LogP contribution in [0.25, 0.3) is 21.6 Å². The van der Waals surface area contributed by atoms with Gasteiger partial charge in [0.1, 0.15) is 12.6 Å². The van der Waals surface area contributed by atoms with E-state index in [0.717, 1.165) is 22.3 Å². The topological polar surface area (TPSA) is 142 Å². The van der Waals surface area contributed by atoms with Crippen molar-refractivity contribution in [3.63, 3.8) is 0 Å². The van der Waals surface area contributed by atoms with Crippen LogP contribution in [-0.4, -0.2) is 50.3 Å². The number of hydrogen-bond donors (Lipinski definition) is 2. The molecule has 10 nitrogen and oxygen atoms in total. The minimum atomic E-state index is -0.785. The molecule has 202 valence electrons. The van der Waals surface area contributed by atoms with Gasteiger partial charge in [-0.2, -0.15) is 0 Å². The van der Waals surface area contributed by atoms with Crippen LogP contribution in [-0.2, 0) is 19.1 Å². The highest BCUT2D eigenvalue weighted by atomic mass is 16.5. The third kappa shape index (κ3) is 7.49. The highest BCUT2D eigenvalue weighted by molar-refractivity contribution is 5.85. The first-order valence-electron chi connectivity index (χ1n) is 12.8. The van der Waals surface area contributed by atoms with Crippen LogP contribution >= 0.6 is 0 Å². The Bertz CT molecular complexity index is 1130. The van der Waals surface area contributed by atoms with Crippen molar-refractivity contribution in [2.24, 2.45) is 11.0 Å². The van der Waals surface area contributed by atoms with Gasteiger partial charge in [0.25, 0.3) is 0 Å². The summed E-state index contributed by atoms with van der Waals surface area (Å²) in [4.78, 5) is 40.4. The Labute approximate surface area is 222 Å². The lowest BCUT2D eigenvalue weighted by Gasteiger charge is -2.23. The summed E-state index contributed by atoms with van der Waals surface area (Å²) in [5, 5.41) is 9.05. The highest BCUT2D eigenvalue weighted by Gasteiger charge is 2.30. The zero-order chi connectivity index (χ0) is 27.5. The first-order valence-corrected chi connectivity index (χ1v) is 12.8. The highest BCUT2D eigenvalue weighted by Crippen LogP contribution is 2.44. The van der Waals surface area contributed by atoms with Gasteiger partial charge < -0.3 is 20.1 Å². The van der Waals surface area contributed by atoms with Gasteiger partial charge in [-0.15, -0.1) is 0 Å². The quantitative estimate of drug-likeness (QED) is 0.124. The number of alkyl carbamates (subject to hydrolysis) is 1. The number of benzene rings is 2. The number of methoxy groups -OCH3 is 1. The number of fused-ring (bicyclic) bond motifs is 3. The van der Waals surface area contributed by atoms with Crippen LogP contribution in [0.1, 0.15) is 56.6 Å². The van der Waals surface area contributed by atoms with Crippen molar-refractivity contribution >= 4 is 18.0 Å². The summed E-state index contributed by atoms with van der Waals surface area (Å²) in [6.07, 6.45) is 1.07. The molecule has 1 aliphatic carbocycles. The maximum Gasteiger partial charge on any atom is 0.407 e. The first kappa shape index (κ1) is 28.5. The molecule has 3 rings (SSSR count). The molecule has 0 aromatic heterocycles. The minimum Gasteiger partial charge on any atom is -0.467 e. The lowest BCUT2D eigenvalue weighted by atomic mass is 9.98. The monoisotopic (exact) mass is 521 g/mol. The largest absolute Gasteiger partial charge is 0.467 e. The van der Waals surface area contributed by atoms with E-state index in [-0.39, 0.29) is 30.8 Å². The predicted molar refractivity (Wildman–Crippen MR) is 143 cm³/mol. The summed E-state index contributed by atoms with van der Waals surface area (Å²) in [5.41, 5.74) is 13.0. The third-order valence-corrected chi connectivity index (χ3v) is 6.66. The molecular weight excluding hydrogens is 486 g/mol. The van der Waals surface area contributed by atoms with Gasteiger partial charge in [-0.3, -0.25) is 4.79 Å². The van der Waals surface area contributed by atoms with Crippen LogP contribution < -0.4 is 10.6 Å². The fraction of sp³-hybridized carbons (Fsp3) is 0.464. The van der Waals surface area contributed by atoms with E-state index < -0.39 is 24.1 Å². The molecule has 2 aromatic carbocycles. The predicted octanol–water partition coefficient (Wildman–Crippen LogP) is 5.08. The van der Waals surface area contributed by atoms with Crippen LogP contribution in [0.2, 0.25) is 0 Å². The van der Waals surface area contributed by atoms with E-state index in [0.29, 0.717) is 25.8 Å². The fourth-order valence-electron chi connectivity index (χ4n) is 4.73. The lowest BCUT2D eigenvalue weighted by molar-refractivity contribution is -0.146. The van der Waals surface area contributed by atoms with E-state index in [1.165, 1.54) is 7.11 Å². The smallest absolute Gasteiger partial charge is 0.407 e. The van der Waals surface area contributed by atoms with Crippen molar-refractivity contribution in [2.45, 2.75) is 57.5 Å². The first-order chi connectivity index (χ1) is 18.3. The molecule has 0 radical (unpaired) electrons. The molecule has 0 heterocycles. The number of esters is 1. The number of carbonyl (C=O) groups excluding carboxylic acids is 3. The van der Waals surface area contributed by atoms with Gasteiger partial charge in [0, 0.05) is 29.8 Å². The number of carbonyl (C=O) groups is 3. The van der Waals surface area contributed by atoms with Crippen molar-refractivity contribution in [3.05, 3.63) is 70.1 Å². The van der Waals surface area contributed by atoms with Crippen LogP contribution in [0.15, 0.2) is 53.6 Å². The number of hydrogen-bond acceptors (Lipinski definition) is 6. The van der Waals surface area contributed by atoms with E-state index in [9.17, 15) is 14.4 Å². The summed E-state index contributed by atoms with van der Waals surface area (Å²) in [5.74, 6) is -1.15. The van der Waals surface area contributed by atoms with Crippen molar-refractivity contribution in [1.82, 2.24) is 10.6 Å². The second-order valence-corrected chi connectivity index (χ2v) is 9.63. The van der Waals surface area contributed by atoms with Gasteiger partial charge in [0.05, 0.1) is 7.11 Å². The molecule has 2 aromatic rings. The van der Waals surface area contributed by atoms with Gasteiger partial charge in [-0.25, -0.2) is 9.59 Å². The number of azide groups is 1. The normalized spacial score (nSPS) is 13.5. The molecule has 0 aliphatic heterocycles. The molecule has 2 atom stereocenters. The van der Waals surface area contributed by atoms with Crippen LogP contribution in [0, 0.1) is 5.92 Å². The molecule has 2 N–H and O–H groups in total. The molecule has 0 fully saturated rings. The Morgan fingerprint density at radius 2 is 1.63 bits per heavy atom. The maximum absolute atomic E-state index is 12.8. The Morgan fingerprint density at radius 1 is 1.00 bits per heavy atom. The number of amides is 2. The molecule has 1 aliphatic rings. The van der Waals surface area contributed by atoms with E-state index >= 15 is 0 Å². The molecule has 0 spiro atoms.